The summed E-state index contributed by atoms with van der Waals surface area (Å²) in [6.07, 6.45) is 1.37. The van der Waals surface area contributed by atoms with Crippen LogP contribution < -0.4 is 20.9 Å². The van der Waals surface area contributed by atoms with Gasteiger partial charge in [-0.15, -0.1) is 0 Å². The third-order valence-corrected chi connectivity index (χ3v) is 10.4. The lowest BCUT2D eigenvalue weighted by Crippen LogP contribution is -2.57. The van der Waals surface area contributed by atoms with Crippen LogP contribution in [-0.4, -0.2) is 66.4 Å². The van der Waals surface area contributed by atoms with Gasteiger partial charge in [0.25, 0.3) is 0 Å². The average Bonchev–Trinajstić information content (AvgIpc) is 3.49. The van der Waals surface area contributed by atoms with E-state index in [4.69, 9.17) is 9.47 Å². The molecule has 51 heavy (non-hydrogen) atoms. The molecule has 3 atom stereocenters. The summed E-state index contributed by atoms with van der Waals surface area (Å²) in [7, 11) is 0. The van der Waals surface area contributed by atoms with Crippen LogP contribution in [0.5, 0.6) is 0 Å². The van der Waals surface area contributed by atoms with E-state index in [0.717, 1.165) is 71.5 Å². The predicted molar refractivity (Wildman–Crippen MR) is 197 cm³/mol. The third-order valence-electron chi connectivity index (χ3n) is 10.4. The first-order valence-corrected chi connectivity index (χ1v) is 18.0. The Morgan fingerprint density at radius 2 is 1.61 bits per heavy atom. The van der Waals surface area contributed by atoms with Crippen LogP contribution in [0, 0.1) is 0 Å². The number of benzene rings is 4. The summed E-state index contributed by atoms with van der Waals surface area (Å²) in [5, 5.41) is 18.4. The lowest BCUT2D eigenvalue weighted by molar-refractivity contribution is -0.253. The number of aliphatic hydroxyl groups excluding tert-OH is 1. The fraction of sp³-hybridized carbons (Fsp3) is 0.366. The molecule has 3 saturated heterocycles. The highest BCUT2D eigenvalue weighted by atomic mass is 16.7. The van der Waals surface area contributed by atoms with Crippen molar-refractivity contribution in [2.45, 2.75) is 63.4 Å². The maximum absolute atomic E-state index is 13.2. The molecule has 1 spiro atoms. The molecular formula is C41H47N5O5. The van der Waals surface area contributed by atoms with Gasteiger partial charge in [-0.3, -0.25) is 4.79 Å². The molecular weight excluding hydrogens is 642 g/mol. The van der Waals surface area contributed by atoms with Gasteiger partial charge in [0.15, 0.2) is 6.29 Å². The van der Waals surface area contributed by atoms with E-state index >= 15 is 0 Å². The Hall–Kier alpha value is -4.74. The summed E-state index contributed by atoms with van der Waals surface area (Å²) < 4.78 is 13.3. The number of hydrogen-bond acceptors (Lipinski definition) is 7. The molecule has 3 amide bonds. The maximum Gasteiger partial charge on any atom is 0.315 e. The first kappa shape index (κ1) is 34.7. The van der Waals surface area contributed by atoms with Crippen LogP contribution in [0.2, 0.25) is 0 Å². The van der Waals surface area contributed by atoms with E-state index in [1.54, 1.807) is 0 Å². The van der Waals surface area contributed by atoms with Crippen LogP contribution in [0.4, 0.5) is 10.5 Å². The lowest BCUT2D eigenvalue weighted by atomic mass is 9.85. The van der Waals surface area contributed by atoms with Crippen molar-refractivity contribution in [2.24, 2.45) is 0 Å². The van der Waals surface area contributed by atoms with E-state index < -0.39 is 11.8 Å². The number of urea groups is 1. The van der Waals surface area contributed by atoms with Gasteiger partial charge < -0.3 is 40.3 Å². The number of anilines is 1. The van der Waals surface area contributed by atoms with Gasteiger partial charge >= 0.3 is 6.03 Å². The number of likely N-dealkylation sites (tertiary alicyclic amines) is 1. The number of carbonyl (C=O) groups excluding carboxylic acids is 2. The van der Waals surface area contributed by atoms with E-state index in [2.05, 4.69) is 74.3 Å². The Kier molecular flexibility index (Phi) is 10.6. The highest BCUT2D eigenvalue weighted by molar-refractivity contribution is 5.93. The van der Waals surface area contributed by atoms with Crippen molar-refractivity contribution in [3.05, 3.63) is 125 Å². The molecule has 3 heterocycles. The molecule has 10 nitrogen and oxygen atoms in total. The highest BCUT2D eigenvalue weighted by Crippen LogP contribution is 2.40. The van der Waals surface area contributed by atoms with Gasteiger partial charge in [-0.05, 0) is 65.8 Å². The Labute approximate surface area is 299 Å². The smallest absolute Gasteiger partial charge is 0.315 e. The molecule has 0 unspecified atom stereocenters. The molecule has 0 aliphatic carbocycles. The summed E-state index contributed by atoms with van der Waals surface area (Å²) in [6.45, 7) is 5.78. The van der Waals surface area contributed by atoms with Crippen LogP contribution in [0.25, 0.3) is 11.1 Å². The number of amides is 3. The van der Waals surface area contributed by atoms with E-state index in [0.29, 0.717) is 26.2 Å². The minimum Gasteiger partial charge on any atom is -0.392 e. The molecule has 3 aliphatic heterocycles. The molecule has 4 N–H and O–H groups in total. The summed E-state index contributed by atoms with van der Waals surface area (Å²) >= 11 is 0. The topological polar surface area (TPSA) is 115 Å². The van der Waals surface area contributed by atoms with Crippen molar-refractivity contribution in [3.63, 3.8) is 0 Å². The average molecular weight is 690 g/mol. The summed E-state index contributed by atoms with van der Waals surface area (Å²) in [5.41, 5.74) is 6.53. The van der Waals surface area contributed by atoms with Gasteiger partial charge in [-0.25, -0.2) is 4.79 Å². The molecule has 0 saturated carbocycles. The molecule has 3 fully saturated rings. The fourth-order valence-electron chi connectivity index (χ4n) is 7.56. The zero-order valence-corrected chi connectivity index (χ0v) is 29.1. The second-order valence-corrected chi connectivity index (χ2v) is 13.6. The first-order valence-electron chi connectivity index (χ1n) is 18.0. The van der Waals surface area contributed by atoms with Crippen molar-refractivity contribution in [2.75, 3.05) is 37.7 Å². The summed E-state index contributed by atoms with van der Waals surface area (Å²) in [5.74, 6) is 0.117. The second-order valence-electron chi connectivity index (χ2n) is 13.6. The largest absolute Gasteiger partial charge is 0.392 e. The van der Waals surface area contributed by atoms with E-state index in [9.17, 15) is 14.7 Å². The SMILES string of the molecule is CCNC(=O)NCc1cccc(-c2ccc([C@H]3O[C@@H](CN4CCC5(CC4)C(=O)NCN5c4ccccc4)C[C@@H](c4ccc(CO)cc4)O3)cc2)c1. The zero-order valence-electron chi connectivity index (χ0n) is 29.1. The number of nitrogens with zero attached hydrogens (tertiary/aromatic N) is 2. The number of aliphatic hydroxyl groups is 1. The van der Waals surface area contributed by atoms with Crippen molar-refractivity contribution in [3.8, 4) is 11.1 Å². The van der Waals surface area contributed by atoms with Gasteiger partial charge in [0.2, 0.25) is 5.91 Å². The lowest BCUT2D eigenvalue weighted by Gasteiger charge is -2.45. The van der Waals surface area contributed by atoms with Gasteiger partial charge in [-0.1, -0.05) is 84.9 Å². The number of rotatable bonds is 10. The van der Waals surface area contributed by atoms with Crippen LogP contribution in [0.1, 0.15) is 60.8 Å². The number of nitrogens with one attached hydrogen (secondary N) is 3. The van der Waals surface area contributed by atoms with Crippen LogP contribution in [-0.2, 0) is 27.4 Å². The van der Waals surface area contributed by atoms with Crippen LogP contribution in [0.3, 0.4) is 0 Å². The normalized spacial score (nSPS) is 21.7. The van der Waals surface area contributed by atoms with Crippen LogP contribution in [0.15, 0.2) is 103 Å². The number of ether oxygens (including phenoxy) is 2. The van der Waals surface area contributed by atoms with Gasteiger partial charge in [0, 0.05) is 50.4 Å². The molecule has 4 aromatic carbocycles. The minimum absolute atomic E-state index is 0.00367. The fourth-order valence-corrected chi connectivity index (χ4v) is 7.56. The number of para-hydroxylation sites is 1. The molecule has 10 heteroatoms. The van der Waals surface area contributed by atoms with Crippen molar-refractivity contribution >= 4 is 17.6 Å². The summed E-state index contributed by atoms with van der Waals surface area (Å²) in [6, 6.07) is 34.5. The van der Waals surface area contributed by atoms with Crippen molar-refractivity contribution < 1.29 is 24.2 Å². The minimum atomic E-state index is -0.557. The quantitative estimate of drug-likeness (QED) is 0.171. The van der Waals surface area contributed by atoms with Crippen LogP contribution >= 0.6 is 0 Å². The summed E-state index contributed by atoms with van der Waals surface area (Å²) in [4.78, 5) is 29.8. The highest BCUT2D eigenvalue weighted by Gasteiger charge is 2.50. The van der Waals surface area contributed by atoms with E-state index in [1.807, 2.05) is 61.5 Å². The first-order chi connectivity index (χ1) is 24.9. The maximum atomic E-state index is 13.2. The number of piperidine rings is 1. The Balaban J connectivity index is 1.05. The Morgan fingerprint density at radius 1 is 0.863 bits per heavy atom. The Bertz CT molecular complexity index is 1780. The molecule has 0 aromatic heterocycles. The molecule has 0 radical (unpaired) electrons. The van der Waals surface area contributed by atoms with E-state index in [1.165, 1.54) is 0 Å². The Morgan fingerprint density at radius 3 is 2.33 bits per heavy atom. The molecule has 3 aliphatic rings. The molecule has 4 aromatic rings. The molecule has 266 valence electrons. The zero-order chi connectivity index (χ0) is 35.2. The monoisotopic (exact) mass is 689 g/mol. The van der Waals surface area contributed by atoms with Crippen molar-refractivity contribution in [1.82, 2.24) is 20.9 Å². The number of hydrogen-bond donors (Lipinski definition) is 4. The second kappa shape index (κ2) is 15.7. The van der Waals surface area contributed by atoms with Gasteiger partial charge in [-0.2, -0.15) is 0 Å². The standard InChI is InChI=1S/C41H47N5O5/c1-2-42-40(49)43-25-30-7-6-8-34(23-30)31-15-17-33(18-16-31)38-50-36(24-37(51-38)32-13-11-29(27-47)12-14-32)26-45-21-19-41(20-22-45)39(48)44-28-46(41)35-9-4-3-5-10-35/h3-18,23,36-38,47H,2,19-22,24-28H2,1H3,(H,44,48)(H2,42,43,49)/t36-,37+,38+/m1/s1. The van der Waals surface area contributed by atoms with Gasteiger partial charge in [0.1, 0.15) is 5.54 Å². The third kappa shape index (κ3) is 7.79. The molecule has 0 bridgehead atoms. The predicted octanol–water partition coefficient (Wildman–Crippen LogP) is 5.64. The number of carbonyl (C=O) groups is 2. The van der Waals surface area contributed by atoms with Crippen molar-refractivity contribution in [1.29, 1.82) is 0 Å². The van der Waals surface area contributed by atoms with Gasteiger partial charge in [0.05, 0.1) is 25.5 Å². The molecule has 7 rings (SSSR count). The van der Waals surface area contributed by atoms with E-state index in [-0.39, 0.29) is 30.8 Å².